The molecular formula is C19H22FN5O2. The summed E-state index contributed by atoms with van der Waals surface area (Å²) in [4.78, 5) is 28.4. The van der Waals surface area contributed by atoms with Crippen LogP contribution in [0.25, 0.3) is 0 Å². The van der Waals surface area contributed by atoms with Crippen molar-refractivity contribution in [2.45, 2.75) is 25.9 Å². The van der Waals surface area contributed by atoms with Crippen molar-refractivity contribution in [3.63, 3.8) is 0 Å². The minimum atomic E-state index is -0.306. The van der Waals surface area contributed by atoms with E-state index in [2.05, 4.69) is 10.2 Å². The highest BCUT2D eigenvalue weighted by molar-refractivity contribution is 5.77. The van der Waals surface area contributed by atoms with Gasteiger partial charge in [0.05, 0.1) is 6.04 Å². The van der Waals surface area contributed by atoms with Crippen molar-refractivity contribution < 1.29 is 14.0 Å². The van der Waals surface area contributed by atoms with Crippen LogP contribution in [0, 0.1) is 17.7 Å². The Morgan fingerprint density at radius 1 is 1.19 bits per heavy atom. The molecule has 2 aliphatic rings. The zero-order valence-electron chi connectivity index (χ0n) is 15.2. The third-order valence-corrected chi connectivity index (χ3v) is 5.66. The molecule has 0 unspecified atom stereocenters. The summed E-state index contributed by atoms with van der Waals surface area (Å²) in [6.07, 6.45) is 3.58. The second-order valence-electron chi connectivity index (χ2n) is 7.34. The van der Waals surface area contributed by atoms with E-state index in [1.807, 2.05) is 15.9 Å². The predicted molar refractivity (Wildman–Crippen MR) is 94.7 cm³/mol. The normalized spacial score (nSPS) is 24.3. The summed E-state index contributed by atoms with van der Waals surface area (Å²) in [5.74, 6) is 0.129. The molecule has 3 atom stereocenters. The molecule has 0 bridgehead atoms. The number of amides is 2. The fourth-order valence-electron chi connectivity index (χ4n) is 4.41. The topological polar surface area (TPSA) is 71.3 Å². The van der Waals surface area contributed by atoms with Crippen LogP contribution < -0.4 is 0 Å². The Bertz CT molecular complexity index is 840. The summed E-state index contributed by atoms with van der Waals surface area (Å²) >= 11 is 0. The van der Waals surface area contributed by atoms with Gasteiger partial charge in [0, 0.05) is 51.4 Å². The number of rotatable bonds is 4. The molecule has 4 rings (SSSR count). The van der Waals surface area contributed by atoms with Crippen molar-refractivity contribution in [2.75, 3.05) is 19.6 Å². The molecule has 8 heteroatoms. The number of aromatic nitrogens is 3. The van der Waals surface area contributed by atoms with Gasteiger partial charge in [0.2, 0.25) is 11.8 Å². The highest BCUT2D eigenvalue weighted by atomic mass is 19.1. The number of carbonyl (C=O) groups excluding carboxylic acids is 2. The Kier molecular flexibility index (Phi) is 4.63. The van der Waals surface area contributed by atoms with Crippen molar-refractivity contribution >= 4 is 11.8 Å². The fraction of sp³-hybridized carbons (Fsp3) is 0.474. The average molecular weight is 371 g/mol. The van der Waals surface area contributed by atoms with Gasteiger partial charge in [0.1, 0.15) is 18.5 Å². The molecule has 142 valence electrons. The summed E-state index contributed by atoms with van der Waals surface area (Å²) in [7, 11) is 0. The van der Waals surface area contributed by atoms with Crippen molar-refractivity contribution in [3.05, 3.63) is 48.3 Å². The van der Waals surface area contributed by atoms with E-state index in [0.717, 1.165) is 5.56 Å². The maximum absolute atomic E-state index is 13.8. The van der Waals surface area contributed by atoms with Gasteiger partial charge in [0.25, 0.3) is 0 Å². The van der Waals surface area contributed by atoms with Crippen LogP contribution in [0.15, 0.2) is 36.9 Å². The van der Waals surface area contributed by atoms with E-state index in [1.165, 1.54) is 12.1 Å². The summed E-state index contributed by atoms with van der Waals surface area (Å²) < 4.78 is 15.5. The molecule has 1 aromatic heterocycles. The molecule has 2 fully saturated rings. The number of hydrogen-bond acceptors (Lipinski definition) is 4. The Balaban J connectivity index is 1.48. The van der Waals surface area contributed by atoms with Crippen molar-refractivity contribution in [1.82, 2.24) is 24.6 Å². The van der Waals surface area contributed by atoms with Gasteiger partial charge in [-0.2, -0.15) is 0 Å². The van der Waals surface area contributed by atoms with Crippen LogP contribution in [0.3, 0.4) is 0 Å². The summed E-state index contributed by atoms with van der Waals surface area (Å²) in [5.41, 5.74) is 0.802. The minimum absolute atomic E-state index is 0.0101. The Morgan fingerprint density at radius 3 is 2.67 bits per heavy atom. The molecule has 0 spiro atoms. The first kappa shape index (κ1) is 17.6. The van der Waals surface area contributed by atoms with Crippen molar-refractivity contribution in [1.29, 1.82) is 0 Å². The Morgan fingerprint density at radius 2 is 1.96 bits per heavy atom. The quantitative estimate of drug-likeness (QED) is 0.816. The molecule has 0 N–H and O–H groups in total. The molecule has 2 saturated heterocycles. The van der Waals surface area contributed by atoms with Gasteiger partial charge < -0.3 is 14.4 Å². The largest absolute Gasteiger partial charge is 0.342 e. The number of aryl methyl sites for hydroxylation is 1. The van der Waals surface area contributed by atoms with Crippen LogP contribution in [-0.4, -0.2) is 56.0 Å². The van der Waals surface area contributed by atoms with E-state index < -0.39 is 0 Å². The van der Waals surface area contributed by atoms with Crippen LogP contribution in [0.5, 0.6) is 0 Å². The second-order valence-corrected chi connectivity index (χ2v) is 7.34. The predicted octanol–water partition coefficient (Wildman–Crippen LogP) is 1.49. The van der Waals surface area contributed by atoms with Crippen LogP contribution in [0.2, 0.25) is 0 Å². The van der Waals surface area contributed by atoms with Gasteiger partial charge in [-0.1, -0.05) is 12.1 Å². The molecular weight excluding hydrogens is 349 g/mol. The lowest BCUT2D eigenvalue weighted by Crippen LogP contribution is -2.36. The molecule has 7 nitrogen and oxygen atoms in total. The molecule has 27 heavy (non-hydrogen) atoms. The highest BCUT2D eigenvalue weighted by Gasteiger charge is 2.49. The van der Waals surface area contributed by atoms with Crippen LogP contribution in [0.1, 0.15) is 24.9 Å². The molecule has 2 aliphatic heterocycles. The lowest BCUT2D eigenvalue weighted by Gasteiger charge is -2.29. The average Bonchev–Trinajstić information content (AvgIpc) is 3.34. The first-order valence-corrected chi connectivity index (χ1v) is 9.16. The number of likely N-dealkylation sites (tertiary alicyclic amines) is 2. The van der Waals surface area contributed by atoms with E-state index in [4.69, 9.17) is 0 Å². The van der Waals surface area contributed by atoms with Crippen LogP contribution >= 0.6 is 0 Å². The van der Waals surface area contributed by atoms with E-state index in [0.29, 0.717) is 32.6 Å². The SMILES string of the molecule is CC(=O)N1C[C@H]2CN(C(=O)CCn3cnnc3)C[C@H]2[C@@H]1c1cccc(F)c1. The first-order valence-electron chi connectivity index (χ1n) is 9.16. The molecule has 1 aromatic carbocycles. The molecule has 2 aromatic rings. The maximum Gasteiger partial charge on any atom is 0.224 e. The molecule has 0 radical (unpaired) electrons. The van der Waals surface area contributed by atoms with Gasteiger partial charge in [-0.3, -0.25) is 9.59 Å². The number of benzene rings is 1. The number of hydrogen-bond donors (Lipinski definition) is 0. The Labute approximate surface area is 156 Å². The molecule has 2 amide bonds. The lowest BCUT2D eigenvalue weighted by atomic mass is 9.89. The molecule has 0 saturated carbocycles. The van der Waals surface area contributed by atoms with Gasteiger partial charge in [-0.15, -0.1) is 10.2 Å². The van der Waals surface area contributed by atoms with E-state index in [9.17, 15) is 14.0 Å². The van der Waals surface area contributed by atoms with Gasteiger partial charge >= 0.3 is 0 Å². The number of fused-ring (bicyclic) bond motifs is 1. The van der Waals surface area contributed by atoms with E-state index in [1.54, 1.807) is 30.2 Å². The smallest absolute Gasteiger partial charge is 0.224 e. The first-order chi connectivity index (χ1) is 13.0. The third-order valence-electron chi connectivity index (χ3n) is 5.66. The van der Waals surface area contributed by atoms with Crippen molar-refractivity contribution in [2.24, 2.45) is 11.8 Å². The van der Waals surface area contributed by atoms with E-state index >= 15 is 0 Å². The standard InChI is InChI=1S/C19H22FN5O2/c1-13(26)25-9-15-8-24(18(27)5-6-23-11-21-22-12-23)10-17(15)19(25)14-3-2-4-16(20)7-14/h2-4,7,11-12,15,17,19H,5-6,8-10H2,1H3/t15-,17-,19+/m1/s1. The highest BCUT2D eigenvalue weighted by Crippen LogP contribution is 2.45. The van der Waals surface area contributed by atoms with Crippen LogP contribution in [0.4, 0.5) is 4.39 Å². The summed E-state index contributed by atoms with van der Waals surface area (Å²) in [6.45, 7) is 3.94. The zero-order chi connectivity index (χ0) is 19.0. The lowest BCUT2D eigenvalue weighted by molar-refractivity contribution is -0.132. The monoisotopic (exact) mass is 371 g/mol. The number of nitrogens with zero attached hydrogens (tertiary/aromatic N) is 5. The van der Waals surface area contributed by atoms with Gasteiger partial charge in [-0.05, 0) is 17.7 Å². The number of carbonyl (C=O) groups is 2. The van der Waals surface area contributed by atoms with Gasteiger partial charge in [-0.25, -0.2) is 4.39 Å². The molecule has 3 heterocycles. The van der Waals surface area contributed by atoms with Crippen LogP contribution in [-0.2, 0) is 16.1 Å². The summed E-state index contributed by atoms with van der Waals surface area (Å²) in [6, 6.07) is 6.26. The Hall–Kier alpha value is -2.77. The second kappa shape index (κ2) is 7.09. The third kappa shape index (κ3) is 3.43. The van der Waals surface area contributed by atoms with E-state index in [-0.39, 0.29) is 35.5 Å². The summed E-state index contributed by atoms with van der Waals surface area (Å²) in [5, 5.41) is 7.48. The van der Waals surface area contributed by atoms with Gasteiger partial charge in [0.15, 0.2) is 0 Å². The zero-order valence-corrected chi connectivity index (χ0v) is 15.2. The fourth-order valence-corrected chi connectivity index (χ4v) is 4.41. The molecule has 0 aliphatic carbocycles. The van der Waals surface area contributed by atoms with Crippen molar-refractivity contribution in [3.8, 4) is 0 Å². The maximum atomic E-state index is 13.8. The number of halogens is 1. The minimum Gasteiger partial charge on any atom is -0.342 e.